The van der Waals surface area contributed by atoms with Crippen molar-refractivity contribution in [3.05, 3.63) is 58.8 Å². The second kappa shape index (κ2) is 5.69. The van der Waals surface area contributed by atoms with E-state index in [1.165, 1.54) is 12.1 Å². The Bertz CT molecular complexity index is 657. The number of benzene rings is 1. The van der Waals surface area contributed by atoms with E-state index in [1.54, 1.807) is 39.0 Å². The molecule has 0 unspecified atom stereocenters. The standard InChI is InChI=1S/C15H15FN2O2/c1-9-8-14(11(3)20-9)15(19)18-17-10(2)12-4-6-13(16)7-5-12/h4-8H,1-3H3,(H,18,19)/b17-10+. The highest BCUT2D eigenvalue weighted by atomic mass is 19.1. The summed E-state index contributed by atoms with van der Waals surface area (Å²) in [6.45, 7) is 5.23. The molecule has 4 nitrogen and oxygen atoms in total. The van der Waals surface area contributed by atoms with Gasteiger partial charge in [0.25, 0.3) is 5.91 Å². The molecular formula is C15H15FN2O2. The first-order chi connectivity index (χ1) is 9.47. The molecule has 2 rings (SSSR count). The molecule has 0 radical (unpaired) electrons. The molecule has 0 fully saturated rings. The summed E-state index contributed by atoms with van der Waals surface area (Å²) in [7, 11) is 0. The van der Waals surface area contributed by atoms with Gasteiger partial charge in [-0.05, 0) is 44.5 Å². The number of hydrogen-bond donors (Lipinski definition) is 1. The maximum absolute atomic E-state index is 12.8. The number of halogens is 1. The van der Waals surface area contributed by atoms with E-state index in [4.69, 9.17) is 4.42 Å². The molecule has 0 saturated carbocycles. The fourth-order valence-corrected chi connectivity index (χ4v) is 1.81. The predicted molar refractivity (Wildman–Crippen MR) is 74.3 cm³/mol. The lowest BCUT2D eigenvalue weighted by Crippen LogP contribution is -2.19. The zero-order chi connectivity index (χ0) is 14.7. The number of hydrogen-bond acceptors (Lipinski definition) is 3. The topological polar surface area (TPSA) is 54.6 Å². The third kappa shape index (κ3) is 3.12. The van der Waals surface area contributed by atoms with E-state index in [9.17, 15) is 9.18 Å². The summed E-state index contributed by atoms with van der Waals surface area (Å²) >= 11 is 0. The average Bonchev–Trinajstić information content (AvgIpc) is 2.75. The third-order valence-corrected chi connectivity index (χ3v) is 2.87. The van der Waals surface area contributed by atoms with E-state index >= 15 is 0 Å². The normalized spacial score (nSPS) is 11.5. The smallest absolute Gasteiger partial charge is 0.274 e. The predicted octanol–water partition coefficient (Wildman–Crippen LogP) is 3.19. The number of furan rings is 1. The van der Waals surface area contributed by atoms with Gasteiger partial charge in [-0.25, -0.2) is 9.82 Å². The Kier molecular flexibility index (Phi) is 3.98. The van der Waals surface area contributed by atoms with Gasteiger partial charge in [0.15, 0.2) is 0 Å². The van der Waals surface area contributed by atoms with Crippen LogP contribution in [0.5, 0.6) is 0 Å². The van der Waals surface area contributed by atoms with Crippen LogP contribution in [0.25, 0.3) is 0 Å². The van der Waals surface area contributed by atoms with Crippen molar-refractivity contribution < 1.29 is 13.6 Å². The van der Waals surface area contributed by atoms with Crippen LogP contribution in [0, 0.1) is 19.7 Å². The van der Waals surface area contributed by atoms with Crippen LogP contribution in [0.2, 0.25) is 0 Å². The van der Waals surface area contributed by atoms with Crippen LogP contribution in [0.3, 0.4) is 0 Å². The second-order valence-electron chi connectivity index (χ2n) is 4.47. The van der Waals surface area contributed by atoms with Gasteiger partial charge in [-0.1, -0.05) is 12.1 Å². The molecular weight excluding hydrogens is 259 g/mol. The third-order valence-electron chi connectivity index (χ3n) is 2.87. The van der Waals surface area contributed by atoms with E-state index in [1.807, 2.05) is 0 Å². The Hall–Kier alpha value is -2.43. The van der Waals surface area contributed by atoms with Gasteiger partial charge in [0.05, 0.1) is 11.3 Å². The highest BCUT2D eigenvalue weighted by Gasteiger charge is 2.12. The highest BCUT2D eigenvalue weighted by molar-refractivity contribution is 6.01. The fourth-order valence-electron chi connectivity index (χ4n) is 1.81. The van der Waals surface area contributed by atoms with Crippen molar-refractivity contribution in [1.29, 1.82) is 0 Å². The minimum atomic E-state index is -0.333. The van der Waals surface area contributed by atoms with Crippen LogP contribution < -0.4 is 5.43 Å². The van der Waals surface area contributed by atoms with Gasteiger partial charge >= 0.3 is 0 Å². The Balaban J connectivity index is 2.10. The quantitative estimate of drug-likeness (QED) is 0.690. The molecule has 1 aromatic heterocycles. The molecule has 1 amide bonds. The molecule has 0 atom stereocenters. The lowest BCUT2D eigenvalue weighted by molar-refractivity contribution is 0.0953. The molecule has 1 heterocycles. The molecule has 0 aliphatic heterocycles. The Morgan fingerprint density at radius 2 is 1.90 bits per heavy atom. The van der Waals surface area contributed by atoms with Gasteiger partial charge in [0.1, 0.15) is 17.3 Å². The number of carbonyl (C=O) groups excluding carboxylic acids is 1. The number of nitrogens with zero attached hydrogens (tertiary/aromatic N) is 1. The lowest BCUT2D eigenvalue weighted by atomic mass is 10.1. The zero-order valence-corrected chi connectivity index (χ0v) is 11.5. The first-order valence-electron chi connectivity index (χ1n) is 6.15. The first-order valence-corrected chi connectivity index (χ1v) is 6.15. The number of carbonyl (C=O) groups is 1. The summed E-state index contributed by atoms with van der Waals surface area (Å²) in [5.41, 5.74) is 4.25. The molecule has 0 bridgehead atoms. The van der Waals surface area contributed by atoms with Gasteiger partial charge in [-0.3, -0.25) is 4.79 Å². The van der Waals surface area contributed by atoms with Crippen molar-refractivity contribution in [2.75, 3.05) is 0 Å². The summed E-state index contributed by atoms with van der Waals surface area (Å²) in [6.07, 6.45) is 0. The molecule has 0 saturated heterocycles. The van der Waals surface area contributed by atoms with Crippen molar-refractivity contribution in [2.45, 2.75) is 20.8 Å². The summed E-state index contributed by atoms with van der Waals surface area (Å²) in [5.74, 6) is 0.581. The minimum absolute atomic E-state index is 0.310. The largest absolute Gasteiger partial charge is 0.466 e. The van der Waals surface area contributed by atoms with Gasteiger partial charge in [0, 0.05) is 0 Å². The number of amides is 1. The second-order valence-corrected chi connectivity index (χ2v) is 4.47. The van der Waals surface area contributed by atoms with Gasteiger partial charge < -0.3 is 4.42 Å². The zero-order valence-electron chi connectivity index (χ0n) is 11.5. The van der Waals surface area contributed by atoms with Gasteiger partial charge in [-0.15, -0.1) is 0 Å². The van der Waals surface area contributed by atoms with Gasteiger partial charge in [-0.2, -0.15) is 5.10 Å². The van der Waals surface area contributed by atoms with E-state index < -0.39 is 0 Å². The Morgan fingerprint density at radius 3 is 2.45 bits per heavy atom. The van der Waals surface area contributed by atoms with E-state index in [2.05, 4.69) is 10.5 Å². The Morgan fingerprint density at radius 1 is 1.25 bits per heavy atom. The lowest BCUT2D eigenvalue weighted by Gasteiger charge is -2.02. The summed E-state index contributed by atoms with van der Waals surface area (Å²) in [4.78, 5) is 11.9. The number of rotatable bonds is 3. The molecule has 1 N–H and O–H groups in total. The van der Waals surface area contributed by atoms with Crippen LogP contribution in [-0.2, 0) is 0 Å². The molecule has 1 aromatic carbocycles. The van der Waals surface area contributed by atoms with E-state index in [0.29, 0.717) is 22.8 Å². The van der Waals surface area contributed by atoms with Crippen molar-refractivity contribution in [3.8, 4) is 0 Å². The van der Waals surface area contributed by atoms with Crippen LogP contribution >= 0.6 is 0 Å². The van der Waals surface area contributed by atoms with Crippen LogP contribution in [-0.4, -0.2) is 11.6 Å². The molecule has 2 aromatic rings. The van der Waals surface area contributed by atoms with Crippen LogP contribution in [0.15, 0.2) is 39.9 Å². The number of hydrazone groups is 1. The highest BCUT2D eigenvalue weighted by Crippen LogP contribution is 2.13. The summed E-state index contributed by atoms with van der Waals surface area (Å²) in [6, 6.07) is 7.56. The number of nitrogens with one attached hydrogen (secondary N) is 1. The summed E-state index contributed by atoms with van der Waals surface area (Å²) < 4.78 is 18.1. The van der Waals surface area contributed by atoms with E-state index in [0.717, 1.165) is 5.56 Å². The van der Waals surface area contributed by atoms with Gasteiger partial charge in [0.2, 0.25) is 0 Å². The minimum Gasteiger partial charge on any atom is -0.466 e. The van der Waals surface area contributed by atoms with Crippen molar-refractivity contribution >= 4 is 11.6 Å². The monoisotopic (exact) mass is 274 g/mol. The number of aryl methyl sites for hydroxylation is 2. The van der Waals surface area contributed by atoms with E-state index in [-0.39, 0.29) is 11.7 Å². The summed E-state index contributed by atoms with van der Waals surface area (Å²) in [5, 5.41) is 4.00. The molecule has 0 aliphatic rings. The molecule has 0 spiro atoms. The SMILES string of the molecule is C/C(=N\NC(=O)c1cc(C)oc1C)c1ccc(F)cc1. The first kappa shape index (κ1) is 14.0. The molecule has 104 valence electrons. The molecule has 0 aliphatic carbocycles. The van der Waals surface area contributed by atoms with Crippen molar-refractivity contribution in [1.82, 2.24) is 5.43 Å². The fraction of sp³-hybridized carbons (Fsp3) is 0.200. The maximum atomic E-state index is 12.8. The average molecular weight is 274 g/mol. The van der Waals surface area contributed by atoms with Crippen LogP contribution in [0.1, 0.15) is 34.4 Å². The maximum Gasteiger partial charge on any atom is 0.274 e. The van der Waals surface area contributed by atoms with Crippen molar-refractivity contribution in [3.63, 3.8) is 0 Å². The molecule has 20 heavy (non-hydrogen) atoms. The van der Waals surface area contributed by atoms with Crippen LogP contribution in [0.4, 0.5) is 4.39 Å². The Labute approximate surface area is 116 Å². The molecule has 5 heteroatoms. The van der Waals surface area contributed by atoms with Crippen molar-refractivity contribution in [2.24, 2.45) is 5.10 Å².